The largest absolute Gasteiger partial charge is 0.416 e. The molecule has 1 aliphatic heterocycles. The molecule has 0 radical (unpaired) electrons. The second-order valence-corrected chi connectivity index (χ2v) is 8.59. The van der Waals surface area contributed by atoms with Gasteiger partial charge in [-0.3, -0.25) is 4.79 Å². The summed E-state index contributed by atoms with van der Waals surface area (Å²) in [5.74, 6) is 0.0904. The summed E-state index contributed by atoms with van der Waals surface area (Å²) in [6.07, 6.45) is -4.37. The molecule has 0 saturated carbocycles. The van der Waals surface area contributed by atoms with E-state index in [4.69, 9.17) is 4.52 Å². The predicted octanol–water partition coefficient (Wildman–Crippen LogP) is 7.02. The highest BCUT2D eigenvalue weighted by molar-refractivity contribution is 9.09. The van der Waals surface area contributed by atoms with Crippen LogP contribution in [0.1, 0.15) is 42.4 Å². The number of benzene rings is 2. The maximum atomic E-state index is 13.1. The number of rotatable bonds is 3. The van der Waals surface area contributed by atoms with Crippen molar-refractivity contribution in [3.8, 4) is 11.1 Å². The van der Waals surface area contributed by atoms with Crippen LogP contribution in [0.3, 0.4) is 0 Å². The fourth-order valence-corrected chi connectivity index (χ4v) is 4.34. The number of hydrogen-bond acceptors (Lipinski definition) is 2. The molecule has 0 saturated heterocycles. The molecule has 1 aliphatic carbocycles. The van der Waals surface area contributed by atoms with Gasteiger partial charge in [0.05, 0.1) is 12.1 Å². The lowest BCUT2D eigenvalue weighted by Crippen LogP contribution is -2.25. The smallest absolute Gasteiger partial charge is 0.376 e. The van der Waals surface area contributed by atoms with Crippen molar-refractivity contribution in [2.75, 3.05) is 5.33 Å². The molecule has 2 heterocycles. The lowest BCUT2D eigenvalue weighted by atomic mass is 9.80. The zero-order valence-corrected chi connectivity index (χ0v) is 18.6. The van der Waals surface area contributed by atoms with E-state index in [1.807, 2.05) is 25.1 Å². The minimum absolute atomic E-state index is 0.00889. The van der Waals surface area contributed by atoms with Crippen LogP contribution in [0.4, 0.5) is 13.2 Å². The van der Waals surface area contributed by atoms with Crippen molar-refractivity contribution in [3.05, 3.63) is 81.6 Å². The van der Waals surface area contributed by atoms with Gasteiger partial charge in [0.2, 0.25) is 0 Å². The highest BCUT2D eigenvalue weighted by Crippen LogP contribution is 2.38. The molecule has 2 atom stereocenters. The van der Waals surface area contributed by atoms with Crippen molar-refractivity contribution in [1.82, 2.24) is 4.74 Å². The van der Waals surface area contributed by atoms with E-state index in [0.717, 1.165) is 28.6 Å². The van der Waals surface area contributed by atoms with Gasteiger partial charge in [0, 0.05) is 16.3 Å². The maximum absolute atomic E-state index is 13.1. The van der Waals surface area contributed by atoms with Crippen molar-refractivity contribution in [2.24, 2.45) is 0 Å². The van der Waals surface area contributed by atoms with Crippen molar-refractivity contribution in [3.63, 3.8) is 0 Å². The normalized spacial score (nSPS) is 17.7. The lowest BCUT2D eigenvalue weighted by Gasteiger charge is -2.23. The van der Waals surface area contributed by atoms with Crippen LogP contribution in [0.5, 0.6) is 0 Å². The summed E-state index contributed by atoms with van der Waals surface area (Å²) in [5, 5.41) is 1.40. The first-order valence-corrected chi connectivity index (χ1v) is 11.1. The van der Waals surface area contributed by atoms with Gasteiger partial charge in [0.15, 0.2) is 5.58 Å². The first kappa shape index (κ1) is 21.7. The van der Waals surface area contributed by atoms with Crippen LogP contribution in [0, 0.1) is 0 Å². The Morgan fingerprint density at radius 1 is 0.935 bits per heavy atom. The molecule has 31 heavy (non-hydrogen) atoms. The lowest BCUT2D eigenvalue weighted by molar-refractivity contribution is -0.137. The molecule has 2 aliphatic rings. The molecule has 1 aromatic heterocycles. The minimum atomic E-state index is -4.37. The van der Waals surface area contributed by atoms with E-state index < -0.39 is 11.7 Å². The van der Waals surface area contributed by atoms with Crippen LogP contribution < -0.4 is 5.56 Å². The molecule has 2 aromatic carbocycles. The van der Waals surface area contributed by atoms with Crippen LogP contribution >= 0.6 is 15.9 Å². The second-order valence-electron chi connectivity index (χ2n) is 7.79. The van der Waals surface area contributed by atoms with Gasteiger partial charge in [-0.15, -0.1) is 0 Å². The Labute approximate surface area is 185 Å². The van der Waals surface area contributed by atoms with Crippen molar-refractivity contribution < 1.29 is 17.7 Å². The van der Waals surface area contributed by atoms with E-state index in [1.165, 1.54) is 16.9 Å². The van der Waals surface area contributed by atoms with Gasteiger partial charge in [-0.2, -0.15) is 17.9 Å². The zero-order valence-electron chi connectivity index (χ0n) is 17.0. The average Bonchev–Trinajstić information content (AvgIpc) is 2.81. The van der Waals surface area contributed by atoms with Crippen molar-refractivity contribution in [2.45, 2.75) is 38.4 Å². The Hall–Kier alpha value is -2.54. The first-order valence-electron chi connectivity index (χ1n) is 10.0. The Morgan fingerprint density at radius 3 is 2.19 bits per heavy atom. The summed E-state index contributed by atoms with van der Waals surface area (Å²) in [7, 11) is 0. The third-order valence-corrected chi connectivity index (χ3v) is 6.33. The topological polar surface area (TPSA) is 35.1 Å². The second kappa shape index (κ2) is 8.19. The van der Waals surface area contributed by atoms with E-state index >= 15 is 0 Å². The molecule has 7 heteroatoms. The Morgan fingerprint density at radius 2 is 1.55 bits per heavy atom. The van der Waals surface area contributed by atoms with E-state index in [1.54, 1.807) is 12.1 Å². The molecule has 0 amide bonds. The van der Waals surface area contributed by atoms with Gasteiger partial charge in [0.1, 0.15) is 0 Å². The molecule has 162 valence electrons. The number of fused-ring (bicyclic) bond motifs is 4. The summed E-state index contributed by atoms with van der Waals surface area (Å²) in [4.78, 5) is 13.1. The SMILES string of the molecule is CC1c2ccc(c3cc(-c4ccc(C(F)(F)F)cc4)ccc3on(CCBr)c2=O)C1C. The number of alkyl halides is 4. The predicted molar refractivity (Wildman–Crippen MR) is 119 cm³/mol. The van der Waals surface area contributed by atoms with Crippen molar-refractivity contribution >= 4 is 26.9 Å². The van der Waals surface area contributed by atoms with E-state index in [0.29, 0.717) is 28.6 Å². The molecule has 0 N–H and O–H groups in total. The molecular weight excluding hydrogens is 471 g/mol. The van der Waals surface area contributed by atoms with E-state index in [2.05, 4.69) is 22.9 Å². The summed E-state index contributed by atoms with van der Waals surface area (Å²) in [6.45, 7) is 4.48. The van der Waals surface area contributed by atoms with Gasteiger partial charge < -0.3 is 4.52 Å². The number of nitrogens with zero attached hydrogens (tertiary/aromatic N) is 1. The fourth-order valence-electron chi connectivity index (χ4n) is 4.02. The standard InChI is InChI=1S/C24H21BrF3NO2/c1-14-15(2)20-9-8-19(14)21-13-17(16-3-6-18(7-4-16)24(26,27)28)5-10-22(21)31-29(12-11-25)23(20)30/h3-10,13-15H,11-12H2,1-2H3. The van der Waals surface area contributed by atoms with Gasteiger partial charge in [-0.25, -0.2) is 0 Å². The Balaban J connectivity index is 1.97. The third-order valence-electron chi connectivity index (χ3n) is 5.98. The highest BCUT2D eigenvalue weighted by atomic mass is 79.9. The van der Waals surface area contributed by atoms with Crippen molar-refractivity contribution in [1.29, 1.82) is 0 Å². The molecular formula is C24H21BrF3NO2. The van der Waals surface area contributed by atoms with Gasteiger partial charge in [0.25, 0.3) is 5.56 Å². The number of halogens is 4. The quantitative estimate of drug-likeness (QED) is 0.369. The molecule has 2 bridgehead atoms. The highest BCUT2D eigenvalue weighted by Gasteiger charge is 2.30. The molecule has 0 spiro atoms. The average molecular weight is 492 g/mol. The number of aromatic nitrogens is 1. The number of aryl methyl sites for hydroxylation is 1. The van der Waals surface area contributed by atoms with Crippen LogP contribution in [-0.2, 0) is 12.7 Å². The van der Waals surface area contributed by atoms with E-state index in [-0.39, 0.29) is 17.4 Å². The summed E-state index contributed by atoms with van der Waals surface area (Å²) < 4.78 is 46.1. The third kappa shape index (κ3) is 4.03. The molecule has 0 fully saturated rings. The van der Waals surface area contributed by atoms with Crippen LogP contribution in [-0.4, -0.2) is 10.1 Å². The molecule has 2 unspecified atom stereocenters. The summed E-state index contributed by atoms with van der Waals surface area (Å²) in [5.41, 5.74) is 2.91. The van der Waals surface area contributed by atoms with Gasteiger partial charge in [-0.05, 0) is 52.8 Å². The van der Waals surface area contributed by atoms with Gasteiger partial charge >= 0.3 is 6.18 Å². The van der Waals surface area contributed by atoms with Crippen LogP contribution in [0.25, 0.3) is 22.1 Å². The summed E-state index contributed by atoms with van der Waals surface area (Å²) in [6, 6.07) is 14.4. The fraction of sp³-hybridized carbons (Fsp3) is 0.292. The zero-order chi connectivity index (χ0) is 22.3. The Bertz CT molecular complexity index is 1240. The molecule has 3 aromatic rings. The minimum Gasteiger partial charge on any atom is -0.376 e. The Kier molecular flexibility index (Phi) is 5.73. The molecule has 5 rings (SSSR count). The van der Waals surface area contributed by atoms with Crippen LogP contribution in [0.15, 0.2) is 63.9 Å². The summed E-state index contributed by atoms with van der Waals surface area (Å²) >= 11 is 3.37. The van der Waals surface area contributed by atoms with E-state index in [9.17, 15) is 18.0 Å². The first-order chi connectivity index (χ1) is 14.7. The van der Waals surface area contributed by atoms with Crippen LogP contribution in [0.2, 0.25) is 0 Å². The maximum Gasteiger partial charge on any atom is 0.416 e. The van der Waals surface area contributed by atoms with Gasteiger partial charge in [-0.1, -0.05) is 60.1 Å². The molecule has 3 nitrogen and oxygen atoms in total. The number of hydrogen-bond donors (Lipinski definition) is 0. The monoisotopic (exact) mass is 491 g/mol.